The molecular weight excluding hydrogens is 621 g/mol. The third kappa shape index (κ3) is 5.73. The van der Waals surface area contributed by atoms with Gasteiger partial charge >= 0.3 is 11.9 Å². The van der Waals surface area contributed by atoms with Crippen molar-refractivity contribution in [1.29, 1.82) is 0 Å². The molecule has 0 unspecified atom stereocenters. The lowest BCUT2D eigenvalue weighted by atomic mass is 9.87. The zero-order chi connectivity index (χ0) is 34.1. The van der Waals surface area contributed by atoms with Crippen molar-refractivity contribution in [2.45, 2.75) is 44.3 Å². The van der Waals surface area contributed by atoms with Gasteiger partial charge in [0.25, 0.3) is 8.32 Å². The number of H-pyrrole nitrogens is 1. The van der Waals surface area contributed by atoms with Crippen LogP contribution < -0.4 is 10.4 Å². The molecule has 1 N–H and O–H groups in total. The van der Waals surface area contributed by atoms with Crippen LogP contribution in [0.5, 0.6) is 0 Å². The molecule has 1 aliphatic rings. The van der Waals surface area contributed by atoms with Gasteiger partial charge < -0.3 is 23.8 Å². The highest BCUT2D eigenvalue weighted by Gasteiger charge is 2.51. The van der Waals surface area contributed by atoms with Crippen molar-refractivity contribution >= 4 is 47.4 Å². The average molecular weight is 661 g/mol. The van der Waals surface area contributed by atoms with Crippen LogP contribution in [-0.4, -0.2) is 62.9 Å². The molecule has 1 amide bonds. The highest BCUT2D eigenvalue weighted by molar-refractivity contribution is 6.99. The Bertz CT molecular complexity index is 1890. The summed E-state index contributed by atoms with van der Waals surface area (Å²) in [5, 5.41) is 2.72. The Morgan fingerprint density at radius 3 is 1.94 bits per heavy atom. The third-order valence-electron chi connectivity index (χ3n) is 9.37. The molecule has 0 radical (unpaired) electrons. The summed E-state index contributed by atoms with van der Waals surface area (Å²) in [7, 11) is -0.403. The molecule has 1 aromatic heterocycles. The molecule has 0 bridgehead atoms. The van der Waals surface area contributed by atoms with Gasteiger partial charge in [-0.15, -0.1) is 0 Å². The number of methoxy groups -OCH3 is 2. The summed E-state index contributed by atoms with van der Waals surface area (Å²) in [5.41, 5.74) is 3.76. The number of hydrogen-bond acceptors (Lipinski definition) is 6. The Balaban J connectivity index is 1.48. The van der Waals surface area contributed by atoms with Crippen LogP contribution in [0.4, 0.5) is 0 Å². The monoisotopic (exact) mass is 660 g/mol. The van der Waals surface area contributed by atoms with Crippen LogP contribution in [-0.2, 0) is 29.9 Å². The topological polar surface area (TPSA) is 97.9 Å². The molecule has 0 aliphatic carbocycles. The number of hydrogen-bond donors (Lipinski definition) is 1. The minimum Gasteiger partial charge on any atom is -0.467 e. The number of aromatic nitrogens is 1. The number of amides is 1. The fourth-order valence-electron chi connectivity index (χ4n) is 7.19. The van der Waals surface area contributed by atoms with Crippen LogP contribution in [0.2, 0.25) is 5.04 Å². The lowest BCUT2D eigenvalue weighted by Crippen LogP contribution is -2.67. The van der Waals surface area contributed by atoms with E-state index in [1.165, 1.54) is 14.2 Å². The minimum atomic E-state index is -3.08. The number of para-hydroxylation sites is 1. The van der Waals surface area contributed by atoms with Crippen molar-refractivity contribution in [3.8, 4) is 0 Å². The number of carbonyl (C=O) groups is 3. The maximum atomic E-state index is 14.8. The van der Waals surface area contributed by atoms with E-state index in [4.69, 9.17) is 13.9 Å². The van der Waals surface area contributed by atoms with Gasteiger partial charge in [-0.3, -0.25) is 4.79 Å². The number of nitrogens with zero attached hydrogens (tertiary/aromatic N) is 1. The van der Waals surface area contributed by atoms with Crippen LogP contribution in [0.1, 0.15) is 54.0 Å². The van der Waals surface area contributed by atoms with E-state index in [-0.39, 0.29) is 24.0 Å². The largest absolute Gasteiger partial charge is 0.467 e. The van der Waals surface area contributed by atoms with Crippen molar-refractivity contribution in [2.75, 3.05) is 20.8 Å². The highest BCUT2D eigenvalue weighted by atomic mass is 28.4. The molecule has 8 nitrogen and oxygen atoms in total. The molecule has 48 heavy (non-hydrogen) atoms. The van der Waals surface area contributed by atoms with Gasteiger partial charge in [0.1, 0.15) is 12.6 Å². The molecule has 9 heteroatoms. The molecule has 0 fully saturated rings. The zero-order valence-corrected chi connectivity index (χ0v) is 28.9. The Morgan fingerprint density at radius 2 is 1.38 bits per heavy atom. The average Bonchev–Trinajstić information content (AvgIpc) is 3.49. The number of benzene rings is 4. The second-order valence-electron chi connectivity index (χ2n) is 13.1. The third-order valence-corrected chi connectivity index (χ3v) is 14.4. The van der Waals surface area contributed by atoms with E-state index >= 15 is 0 Å². The standard InChI is InChI=1S/C39H40N2O6Si/c1-39(2,3)48(28-14-8-6-9-15-28,29-16-10-7-11-17-29)47-25-34(42)41-33(38(44)46-5)24-31-30-18-12-13-19-32(30)40-35(31)36(41)26-20-22-27(23-21-26)37(43)45-4/h6-23,33,36,40H,24-25H2,1-5H3/t33-,36-/m0/s1. The van der Waals surface area contributed by atoms with Crippen LogP contribution in [0.25, 0.3) is 10.9 Å². The van der Waals surface area contributed by atoms with Gasteiger partial charge in [0.05, 0.1) is 25.8 Å². The first kappa shape index (κ1) is 32.9. The number of carbonyl (C=O) groups excluding carboxylic acids is 3. The SMILES string of the molecule is COC(=O)c1ccc([C@H]2c3[nH]c4ccccc4c3C[C@@H](C(=O)OC)N2C(=O)CO[Si](c2ccccc2)(c2ccccc2)C(C)(C)C)cc1. The molecule has 1 aliphatic heterocycles. The zero-order valence-electron chi connectivity index (χ0n) is 27.9. The summed E-state index contributed by atoms with van der Waals surface area (Å²) in [6.07, 6.45) is 0.272. The lowest BCUT2D eigenvalue weighted by Gasteiger charge is -2.44. The molecule has 0 saturated carbocycles. The fourth-order valence-corrected chi connectivity index (χ4v) is 11.7. The summed E-state index contributed by atoms with van der Waals surface area (Å²) in [6.45, 7) is 6.21. The van der Waals surface area contributed by atoms with E-state index in [1.54, 1.807) is 29.2 Å². The van der Waals surface area contributed by atoms with E-state index in [0.717, 1.165) is 38.1 Å². The Morgan fingerprint density at radius 1 is 0.792 bits per heavy atom. The van der Waals surface area contributed by atoms with Gasteiger partial charge in [0, 0.05) is 23.0 Å². The van der Waals surface area contributed by atoms with Crippen molar-refractivity contribution in [3.63, 3.8) is 0 Å². The van der Waals surface area contributed by atoms with Crippen LogP contribution in [0.15, 0.2) is 109 Å². The molecule has 2 atom stereocenters. The van der Waals surface area contributed by atoms with Gasteiger partial charge in [-0.25, -0.2) is 9.59 Å². The van der Waals surface area contributed by atoms with Crippen LogP contribution in [0.3, 0.4) is 0 Å². The summed E-state index contributed by atoms with van der Waals surface area (Å²) in [4.78, 5) is 45.9. The molecule has 2 heterocycles. The molecule has 5 aromatic rings. The normalized spacial score (nSPS) is 16.3. The Labute approximate surface area is 281 Å². The predicted molar refractivity (Wildman–Crippen MR) is 188 cm³/mol. The minimum absolute atomic E-state index is 0.257. The molecule has 4 aromatic carbocycles. The van der Waals surface area contributed by atoms with Gasteiger partial charge in [0.15, 0.2) is 0 Å². The maximum Gasteiger partial charge on any atom is 0.337 e. The van der Waals surface area contributed by atoms with E-state index in [2.05, 4.69) is 50.0 Å². The smallest absolute Gasteiger partial charge is 0.337 e. The van der Waals surface area contributed by atoms with Gasteiger partial charge in [0.2, 0.25) is 5.91 Å². The molecule has 246 valence electrons. The van der Waals surface area contributed by atoms with Crippen molar-refractivity contribution in [2.24, 2.45) is 0 Å². The van der Waals surface area contributed by atoms with Gasteiger partial charge in [-0.1, -0.05) is 112 Å². The molecule has 6 rings (SSSR count). The first-order valence-electron chi connectivity index (χ1n) is 16.0. The highest BCUT2D eigenvalue weighted by Crippen LogP contribution is 2.42. The molecule has 0 spiro atoms. The second-order valence-corrected chi connectivity index (χ2v) is 17.4. The van der Waals surface area contributed by atoms with Crippen LogP contribution in [0, 0.1) is 0 Å². The quantitative estimate of drug-likeness (QED) is 0.173. The lowest BCUT2D eigenvalue weighted by molar-refractivity contribution is -0.156. The van der Waals surface area contributed by atoms with E-state index < -0.39 is 32.3 Å². The van der Waals surface area contributed by atoms with Crippen molar-refractivity contribution < 1.29 is 28.3 Å². The molecule has 0 saturated heterocycles. The fraction of sp³-hybridized carbons (Fsp3) is 0.256. The summed E-state index contributed by atoms with van der Waals surface area (Å²) >= 11 is 0. The van der Waals surface area contributed by atoms with Gasteiger partial charge in [-0.2, -0.15) is 0 Å². The first-order valence-corrected chi connectivity index (χ1v) is 17.9. The summed E-state index contributed by atoms with van der Waals surface area (Å²) in [5.74, 6) is -1.32. The predicted octanol–water partition coefficient (Wildman–Crippen LogP) is 5.55. The molecular formula is C39H40N2O6Si. The summed E-state index contributed by atoms with van der Waals surface area (Å²) in [6, 6.07) is 33.5. The Kier molecular flexibility index (Phi) is 9.09. The van der Waals surface area contributed by atoms with Gasteiger partial charge in [-0.05, 0) is 44.7 Å². The number of ether oxygens (including phenoxy) is 2. The number of nitrogens with one attached hydrogen (secondary N) is 1. The van der Waals surface area contributed by atoms with Crippen molar-refractivity contribution in [1.82, 2.24) is 9.88 Å². The van der Waals surface area contributed by atoms with E-state index in [9.17, 15) is 14.4 Å². The van der Waals surface area contributed by atoms with Crippen molar-refractivity contribution in [3.05, 3.63) is 132 Å². The second kappa shape index (κ2) is 13.3. The van der Waals surface area contributed by atoms with E-state index in [1.807, 2.05) is 60.7 Å². The summed E-state index contributed by atoms with van der Waals surface area (Å²) < 4.78 is 17.3. The number of aromatic amines is 1. The maximum absolute atomic E-state index is 14.8. The first-order chi connectivity index (χ1) is 23.1. The number of fused-ring (bicyclic) bond motifs is 3. The van der Waals surface area contributed by atoms with E-state index in [0.29, 0.717) is 5.56 Å². The van der Waals surface area contributed by atoms with Crippen LogP contribution >= 0.6 is 0 Å². The number of rotatable bonds is 8. The Hall–Kier alpha value is -4.99. The number of esters is 2.